The van der Waals surface area contributed by atoms with Gasteiger partial charge < -0.3 is 20.3 Å². The molecular weight excluding hydrogens is 450 g/mol. The topological polar surface area (TPSA) is 79.4 Å². The van der Waals surface area contributed by atoms with E-state index in [1.807, 2.05) is 48.5 Å². The maximum absolute atomic E-state index is 13.1. The molecule has 3 aromatic carbocycles. The Hall–Kier alpha value is -4.13. The molecule has 0 radical (unpaired) electrons. The lowest BCUT2D eigenvalue weighted by Gasteiger charge is -2.33. The van der Waals surface area contributed by atoms with E-state index in [4.69, 9.17) is 4.74 Å². The van der Waals surface area contributed by atoms with Crippen LogP contribution in [0.2, 0.25) is 0 Å². The van der Waals surface area contributed by atoms with Crippen molar-refractivity contribution in [3.05, 3.63) is 78.6 Å². The van der Waals surface area contributed by atoms with Gasteiger partial charge in [0.2, 0.25) is 5.91 Å². The first-order valence-corrected chi connectivity index (χ1v) is 12.6. The lowest BCUT2D eigenvalue weighted by molar-refractivity contribution is -0.120. The molecular formula is C29H29N5O2. The SMILES string of the molecule is CC1CNc2ncnc(N3CCC(C(=O)Nc4cccc(Oc5ccc6ccccc6c5)c4)CC3)c21. The molecule has 1 amide bonds. The molecule has 1 aromatic heterocycles. The molecule has 7 heteroatoms. The van der Waals surface area contributed by atoms with Gasteiger partial charge in [-0.3, -0.25) is 4.79 Å². The van der Waals surface area contributed by atoms with Crippen molar-refractivity contribution in [3.8, 4) is 11.5 Å². The molecule has 0 aliphatic carbocycles. The summed E-state index contributed by atoms with van der Waals surface area (Å²) in [6.45, 7) is 4.70. The van der Waals surface area contributed by atoms with Gasteiger partial charge in [-0.25, -0.2) is 9.97 Å². The van der Waals surface area contributed by atoms with Crippen molar-refractivity contribution in [1.29, 1.82) is 0 Å². The summed E-state index contributed by atoms with van der Waals surface area (Å²) < 4.78 is 6.09. The molecule has 0 bridgehead atoms. The fourth-order valence-corrected chi connectivity index (χ4v) is 5.19. The van der Waals surface area contributed by atoms with E-state index in [1.54, 1.807) is 6.33 Å². The van der Waals surface area contributed by atoms with Crippen LogP contribution in [0.5, 0.6) is 11.5 Å². The fraction of sp³-hybridized carbons (Fsp3) is 0.276. The molecule has 3 heterocycles. The molecule has 4 aromatic rings. The third-order valence-corrected chi connectivity index (χ3v) is 7.15. The van der Waals surface area contributed by atoms with E-state index in [1.165, 1.54) is 10.9 Å². The zero-order valence-corrected chi connectivity index (χ0v) is 20.3. The first-order valence-electron chi connectivity index (χ1n) is 12.6. The third kappa shape index (κ3) is 4.44. The van der Waals surface area contributed by atoms with Crippen LogP contribution in [0.3, 0.4) is 0 Å². The third-order valence-electron chi connectivity index (χ3n) is 7.15. The van der Waals surface area contributed by atoms with Crippen LogP contribution in [0.15, 0.2) is 73.1 Å². The molecule has 1 atom stereocenters. The van der Waals surface area contributed by atoms with Crippen molar-refractivity contribution in [2.45, 2.75) is 25.7 Å². The number of ether oxygens (including phenoxy) is 1. The predicted molar refractivity (Wildman–Crippen MR) is 143 cm³/mol. The molecule has 0 spiro atoms. The first kappa shape index (κ1) is 22.3. The summed E-state index contributed by atoms with van der Waals surface area (Å²) in [4.78, 5) is 24.3. The number of fused-ring (bicyclic) bond motifs is 2. The highest BCUT2D eigenvalue weighted by Gasteiger charge is 2.30. The van der Waals surface area contributed by atoms with Gasteiger partial charge in [-0.1, -0.05) is 43.3 Å². The Balaban J connectivity index is 1.08. The zero-order valence-electron chi connectivity index (χ0n) is 20.3. The maximum atomic E-state index is 13.1. The van der Waals surface area contributed by atoms with E-state index in [9.17, 15) is 4.79 Å². The summed E-state index contributed by atoms with van der Waals surface area (Å²) in [5.74, 6) is 3.83. The Kier molecular flexibility index (Phi) is 5.89. The van der Waals surface area contributed by atoms with Crippen LogP contribution in [-0.4, -0.2) is 35.5 Å². The second kappa shape index (κ2) is 9.49. The van der Waals surface area contributed by atoms with Gasteiger partial charge in [0.25, 0.3) is 0 Å². The minimum atomic E-state index is -0.0308. The Morgan fingerprint density at radius 3 is 2.64 bits per heavy atom. The number of hydrogen-bond acceptors (Lipinski definition) is 6. The molecule has 1 saturated heterocycles. The zero-order chi connectivity index (χ0) is 24.5. The van der Waals surface area contributed by atoms with Crippen LogP contribution in [0, 0.1) is 5.92 Å². The van der Waals surface area contributed by atoms with Crippen molar-refractivity contribution in [3.63, 3.8) is 0 Å². The van der Waals surface area contributed by atoms with E-state index >= 15 is 0 Å². The van der Waals surface area contributed by atoms with Gasteiger partial charge in [-0.05, 0) is 47.9 Å². The highest BCUT2D eigenvalue weighted by molar-refractivity contribution is 5.93. The van der Waals surface area contributed by atoms with Crippen LogP contribution in [0.1, 0.15) is 31.2 Å². The molecule has 2 N–H and O–H groups in total. The smallest absolute Gasteiger partial charge is 0.227 e. The van der Waals surface area contributed by atoms with Crippen LogP contribution in [0.25, 0.3) is 10.8 Å². The van der Waals surface area contributed by atoms with Crippen LogP contribution >= 0.6 is 0 Å². The number of piperidine rings is 1. The number of hydrogen-bond donors (Lipinski definition) is 2. The Bertz CT molecular complexity index is 1410. The summed E-state index contributed by atoms with van der Waals surface area (Å²) in [5, 5.41) is 8.76. The van der Waals surface area contributed by atoms with Crippen molar-refractivity contribution in [1.82, 2.24) is 9.97 Å². The lowest BCUT2D eigenvalue weighted by Crippen LogP contribution is -2.39. The van der Waals surface area contributed by atoms with Crippen LogP contribution in [0.4, 0.5) is 17.3 Å². The van der Waals surface area contributed by atoms with Gasteiger partial charge in [0.1, 0.15) is 29.5 Å². The van der Waals surface area contributed by atoms with Gasteiger partial charge >= 0.3 is 0 Å². The van der Waals surface area contributed by atoms with Crippen molar-refractivity contribution < 1.29 is 9.53 Å². The number of anilines is 3. The predicted octanol–water partition coefficient (Wildman–Crippen LogP) is 5.81. The molecule has 6 rings (SSSR count). The first-order chi connectivity index (χ1) is 17.6. The molecule has 182 valence electrons. The van der Waals surface area contributed by atoms with Crippen molar-refractivity contribution in [2.75, 3.05) is 35.2 Å². The Morgan fingerprint density at radius 2 is 1.78 bits per heavy atom. The van der Waals surface area contributed by atoms with Gasteiger partial charge in [-0.15, -0.1) is 0 Å². The summed E-state index contributed by atoms with van der Waals surface area (Å²) >= 11 is 0. The van der Waals surface area contributed by atoms with E-state index in [0.29, 0.717) is 11.7 Å². The van der Waals surface area contributed by atoms with Crippen LogP contribution in [-0.2, 0) is 4.79 Å². The maximum Gasteiger partial charge on any atom is 0.227 e. The monoisotopic (exact) mass is 479 g/mol. The average Bonchev–Trinajstić information content (AvgIpc) is 3.30. The summed E-state index contributed by atoms with van der Waals surface area (Å²) in [7, 11) is 0. The standard InChI is InChI=1S/C29H29N5O2/c1-19-17-30-27-26(19)28(32-18-31-27)34-13-11-21(12-14-34)29(35)33-23-7-4-8-24(16-23)36-25-10-9-20-5-2-3-6-22(20)15-25/h2-10,15-16,18-19,21H,11-14,17H2,1H3,(H,33,35)(H,30,31,32). The van der Waals surface area contributed by atoms with E-state index < -0.39 is 0 Å². The molecule has 2 aliphatic rings. The Morgan fingerprint density at radius 1 is 0.972 bits per heavy atom. The van der Waals surface area contributed by atoms with Crippen molar-refractivity contribution in [2.24, 2.45) is 5.92 Å². The second-order valence-electron chi connectivity index (χ2n) is 9.63. The average molecular weight is 480 g/mol. The number of rotatable bonds is 5. The number of benzene rings is 3. The highest BCUT2D eigenvalue weighted by Crippen LogP contribution is 2.37. The summed E-state index contributed by atoms with van der Waals surface area (Å²) in [6, 6.07) is 21.8. The van der Waals surface area contributed by atoms with Gasteiger partial charge in [-0.2, -0.15) is 0 Å². The number of nitrogens with zero attached hydrogens (tertiary/aromatic N) is 3. The van der Waals surface area contributed by atoms with Gasteiger partial charge in [0, 0.05) is 48.8 Å². The minimum absolute atomic E-state index is 0.0308. The molecule has 7 nitrogen and oxygen atoms in total. The summed E-state index contributed by atoms with van der Waals surface area (Å²) in [5.41, 5.74) is 1.94. The molecule has 2 aliphatic heterocycles. The fourth-order valence-electron chi connectivity index (χ4n) is 5.19. The number of carbonyl (C=O) groups is 1. The number of nitrogens with one attached hydrogen (secondary N) is 2. The number of carbonyl (C=O) groups excluding carboxylic acids is 1. The van der Waals surface area contributed by atoms with E-state index in [-0.39, 0.29) is 11.8 Å². The largest absolute Gasteiger partial charge is 0.457 e. The number of aromatic nitrogens is 2. The van der Waals surface area contributed by atoms with E-state index in [0.717, 1.165) is 60.9 Å². The van der Waals surface area contributed by atoms with Crippen molar-refractivity contribution >= 4 is 34.0 Å². The second-order valence-corrected chi connectivity index (χ2v) is 9.63. The molecule has 1 unspecified atom stereocenters. The molecule has 36 heavy (non-hydrogen) atoms. The van der Waals surface area contributed by atoms with Gasteiger partial charge in [0.15, 0.2) is 0 Å². The highest BCUT2D eigenvalue weighted by atomic mass is 16.5. The molecule has 1 fully saturated rings. The number of amides is 1. The quantitative estimate of drug-likeness (QED) is 0.376. The Labute approximate surface area is 210 Å². The van der Waals surface area contributed by atoms with Crippen LogP contribution < -0.4 is 20.3 Å². The lowest BCUT2D eigenvalue weighted by atomic mass is 9.95. The normalized spacial score (nSPS) is 17.5. The minimum Gasteiger partial charge on any atom is -0.457 e. The van der Waals surface area contributed by atoms with Gasteiger partial charge in [0.05, 0.1) is 0 Å². The summed E-state index contributed by atoms with van der Waals surface area (Å²) in [6.07, 6.45) is 3.21. The van der Waals surface area contributed by atoms with E-state index in [2.05, 4.69) is 50.6 Å². The molecule has 0 saturated carbocycles.